The Morgan fingerprint density at radius 3 is 2.42 bits per heavy atom. The van der Waals surface area contributed by atoms with E-state index in [9.17, 15) is 23.3 Å². The Morgan fingerprint density at radius 2 is 1.83 bits per heavy atom. The number of nitro groups is 1. The molecule has 0 saturated heterocycles. The van der Waals surface area contributed by atoms with Crippen LogP contribution in [0.1, 0.15) is 11.1 Å². The van der Waals surface area contributed by atoms with Crippen LogP contribution in [0.5, 0.6) is 0 Å². The largest absolute Gasteiger partial charge is 0.416 e. The number of nitrogens with zero attached hydrogens (tertiary/aromatic N) is 2. The third-order valence-electron chi connectivity index (χ3n) is 2.86. The molecular formula is C14H8Cl2F3N3O2. The van der Waals surface area contributed by atoms with Crippen molar-refractivity contribution in [2.75, 3.05) is 5.43 Å². The molecule has 0 fully saturated rings. The molecule has 0 amide bonds. The van der Waals surface area contributed by atoms with Crippen molar-refractivity contribution in [3.8, 4) is 0 Å². The lowest BCUT2D eigenvalue weighted by molar-refractivity contribution is -0.384. The molecule has 0 aromatic heterocycles. The van der Waals surface area contributed by atoms with E-state index in [1.54, 1.807) is 6.07 Å². The van der Waals surface area contributed by atoms with Crippen LogP contribution in [0.3, 0.4) is 0 Å². The minimum absolute atomic E-state index is 0.177. The van der Waals surface area contributed by atoms with Crippen molar-refractivity contribution in [3.63, 3.8) is 0 Å². The van der Waals surface area contributed by atoms with Gasteiger partial charge in [-0.15, -0.1) is 0 Å². The van der Waals surface area contributed by atoms with E-state index >= 15 is 0 Å². The fraction of sp³-hybridized carbons (Fsp3) is 0.0714. The second-order valence-electron chi connectivity index (χ2n) is 4.53. The molecule has 0 bridgehead atoms. The molecule has 1 N–H and O–H groups in total. The summed E-state index contributed by atoms with van der Waals surface area (Å²) in [5.74, 6) is 0. The summed E-state index contributed by atoms with van der Waals surface area (Å²) >= 11 is 11.6. The number of rotatable bonds is 4. The third kappa shape index (κ3) is 4.36. The fourth-order valence-corrected chi connectivity index (χ4v) is 2.03. The van der Waals surface area contributed by atoms with Crippen molar-refractivity contribution in [2.24, 2.45) is 5.10 Å². The number of benzene rings is 2. The second kappa shape index (κ2) is 7.06. The molecule has 126 valence electrons. The van der Waals surface area contributed by atoms with Crippen molar-refractivity contribution in [1.82, 2.24) is 0 Å². The van der Waals surface area contributed by atoms with Gasteiger partial charge in [0, 0.05) is 6.07 Å². The maximum atomic E-state index is 12.6. The number of nitrogens with one attached hydrogen (secondary N) is 1. The number of anilines is 1. The second-order valence-corrected chi connectivity index (χ2v) is 5.34. The Labute approximate surface area is 143 Å². The lowest BCUT2D eigenvalue weighted by Gasteiger charge is -2.08. The van der Waals surface area contributed by atoms with Crippen LogP contribution in [0.15, 0.2) is 41.5 Å². The molecule has 2 aromatic carbocycles. The van der Waals surface area contributed by atoms with Gasteiger partial charge in [0.15, 0.2) is 0 Å². The van der Waals surface area contributed by atoms with E-state index in [4.69, 9.17) is 23.2 Å². The first-order chi connectivity index (χ1) is 11.2. The van der Waals surface area contributed by atoms with Gasteiger partial charge in [-0.1, -0.05) is 29.3 Å². The van der Waals surface area contributed by atoms with Crippen LogP contribution in [0.4, 0.5) is 24.5 Å². The van der Waals surface area contributed by atoms with Gasteiger partial charge in [-0.25, -0.2) is 0 Å². The highest BCUT2D eigenvalue weighted by molar-refractivity contribution is 6.42. The summed E-state index contributed by atoms with van der Waals surface area (Å²) in [5.41, 5.74) is 0.854. The molecule has 0 aliphatic carbocycles. The van der Waals surface area contributed by atoms with Gasteiger partial charge in [-0.2, -0.15) is 18.3 Å². The zero-order valence-corrected chi connectivity index (χ0v) is 13.2. The zero-order valence-electron chi connectivity index (χ0n) is 11.6. The van der Waals surface area contributed by atoms with Gasteiger partial charge in [0.2, 0.25) is 0 Å². The van der Waals surface area contributed by atoms with Crippen LogP contribution in [-0.2, 0) is 6.18 Å². The van der Waals surface area contributed by atoms with Gasteiger partial charge in [0.1, 0.15) is 5.69 Å². The Hall–Kier alpha value is -2.32. The van der Waals surface area contributed by atoms with Gasteiger partial charge < -0.3 is 0 Å². The molecule has 24 heavy (non-hydrogen) atoms. The number of hydrogen-bond donors (Lipinski definition) is 1. The predicted molar refractivity (Wildman–Crippen MR) is 85.8 cm³/mol. The average molecular weight is 378 g/mol. The van der Waals surface area contributed by atoms with Gasteiger partial charge in [0.05, 0.1) is 26.7 Å². The molecule has 0 aliphatic rings. The van der Waals surface area contributed by atoms with E-state index in [0.717, 1.165) is 12.1 Å². The Morgan fingerprint density at radius 1 is 1.12 bits per heavy atom. The summed E-state index contributed by atoms with van der Waals surface area (Å²) < 4.78 is 37.8. The normalized spacial score (nSPS) is 11.7. The lowest BCUT2D eigenvalue weighted by Crippen LogP contribution is -2.06. The molecule has 2 rings (SSSR count). The van der Waals surface area contributed by atoms with E-state index in [0.29, 0.717) is 21.7 Å². The summed E-state index contributed by atoms with van der Waals surface area (Å²) in [6, 6.07) is 6.75. The molecule has 2 aromatic rings. The lowest BCUT2D eigenvalue weighted by atomic mass is 10.1. The standard InChI is InChI=1S/C14H8Cl2F3N3O2/c15-10-3-1-8(5-11(10)16)7-20-21-12-4-2-9(14(17,18)19)6-13(12)22(23)24/h1-7,21H. The highest BCUT2D eigenvalue weighted by atomic mass is 35.5. The number of halogens is 5. The first-order valence-corrected chi connectivity index (χ1v) is 7.04. The summed E-state index contributed by atoms with van der Waals surface area (Å²) in [7, 11) is 0. The van der Waals surface area contributed by atoms with E-state index in [1.165, 1.54) is 18.3 Å². The van der Waals surface area contributed by atoms with Crippen molar-refractivity contribution >= 4 is 40.8 Å². The predicted octanol–water partition coefficient (Wildman–Crippen LogP) is 5.37. The Bertz CT molecular complexity index is 810. The molecule has 5 nitrogen and oxygen atoms in total. The van der Waals surface area contributed by atoms with Crippen LogP contribution in [0, 0.1) is 10.1 Å². The summed E-state index contributed by atoms with van der Waals surface area (Å²) in [6.07, 6.45) is -3.38. The van der Waals surface area contributed by atoms with Crippen molar-refractivity contribution in [1.29, 1.82) is 0 Å². The minimum Gasteiger partial charge on any atom is -0.272 e. The van der Waals surface area contributed by atoms with Gasteiger partial charge in [-0.05, 0) is 29.8 Å². The molecule has 0 aliphatic heterocycles. The van der Waals surface area contributed by atoms with Crippen LogP contribution in [0.25, 0.3) is 0 Å². The molecular weight excluding hydrogens is 370 g/mol. The van der Waals surface area contributed by atoms with E-state index in [2.05, 4.69) is 10.5 Å². The molecule has 0 radical (unpaired) electrons. The van der Waals surface area contributed by atoms with Crippen molar-refractivity contribution < 1.29 is 18.1 Å². The Balaban J connectivity index is 2.24. The first-order valence-electron chi connectivity index (χ1n) is 6.28. The number of nitro benzene ring substituents is 1. The van der Waals surface area contributed by atoms with E-state index in [-0.39, 0.29) is 5.69 Å². The zero-order chi connectivity index (χ0) is 17.9. The minimum atomic E-state index is -4.67. The molecule has 0 heterocycles. The number of alkyl halides is 3. The summed E-state index contributed by atoms with van der Waals surface area (Å²) in [4.78, 5) is 10.0. The highest BCUT2D eigenvalue weighted by Gasteiger charge is 2.33. The van der Waals surface area contributed by atoms with E-state index in [1.807, 2.05) is 0 Å². The van der Waals surface area contributed by atoms with Crippen molar-refractivity contribution in [3.05, 3.63) is 67.7 Å². The fourth-order valence-electron chi connectivity index (χ4n) is 1.72. The van der Waals surface area contributed by atoms with Crippen LogP contribution >= 0.6 is 23.2 Å². The summed E-state index contributed by atoms with van der Waals surface area (Å²) in [6.45, 7) is 0. The van der Waals surface area contributed by atoms with Crippen LogP contribution in [0.2, 0.25) is 10.0 Å². The highest BCUT2D eigenvalue weighted by Crippen LogP contribution is 2.34. The first kappa shape index (κ1) is 18.0. The Kier molecular flexibility index (Phi) is 5.30. The SMILES string of the molecule is O=[N+]([O-])c1cc(C(F)(F)F)ccc1NN=Cc1ccc(Cl)c(Cl)c1. The molecule has 0 unspecified atom stereocenters. The summed E-state index contributed by atoms with van der Waals surface area (Å²) in [5, 5.41) is 15.3. The van der Waals surface area contributed by atoms with Crippen LogP contribution in [-0.4, -0.2) is 11.1 Å². The van der Waals surface area contributed by atoms with Gasteiger partial charge in [-0.3, -0.25) is 15.5 Å². The average Bonchev–Trinajstić information content (AvgIpc) is 2.50. The van der Waals surface area contributed by atoms with Crippen molar-refractivity contribution in [2.45, 2.75) is 6.18 Å². The maximum absolute atomic E-state index is 12.6. The quantitative estimate of drug-likeness (QED) is 0.442. The van der Waals surface area contributed by atoms with E-state index < -0.39 is 22.4 Å². The molecule has 0 atom stereocenters. The monoisotopic (exact) mass is 377 g/mol. The van der Waals surface area contributed by atoms with Crippen LogP contribution < -0.4 is 5.43 Å². The van der Waals surface area contributed by atoms with Gasteiger partial charge in [0.25, 0.3) is 5.69 Å². The molecule has 10 heteroatoms. The maximum Gasteiger partial charge on any atom is 0.416 e. The van der Waals surface area contributed by atoms with Gasteiger partial charge >= 0.3 is 6.18 Å². The number of hydrogen-bond acceptors (Lipinski definition) is 4. The number of hydrazone groups is 1. The molecule has 0 spiro atoms. The smallest absolute Gasteiger partial charge is 0.272 e. The molecule has 0 saturated carbocycles. The topological polar surface area (TPSA) is 67.5 Å². The third-order valence-corrected chi connectivity index (χ3v) is 3.60.